The Morgan fingerprint density at radius 3 is 2.71 bits per heavy atom. The van der Waals surface area contributed by atoms with Gasteiger partial charge in [-0.2, -0.15) is 13.2 Å². The van der Waals surface area contributed by atoms with Gasteiger partial charge in [0.2, 0.25) is 0 Å². The fourth-order valence-corrected chi connectivity index (χ4v) is 1.07. The first-order valence-corrected chi connectivity index (χ1v) is 4.79. The molecule has 1 aromatic carbocycles. The number of hydrogen-bond acceptors (Lipinski definition) is 2. The highest BCUT2D eigenvalue weighted by Gasteiger charge is 2.30. The lowest BCUT2D eigenvalue weighted by Crippen LogP contribution is -2.28. The largest absolute Gasteiger partial charge is 0.416 e. The first kappa shape index (κ1) is 13.3. The third kappa shape index (κ3) is 4.31. The average molecular weight is 248 g/mol. The molecule has 0 aliphatic rings. The Kier molecular flexibility index (Phi) is 4.33. The maximum atomic E-state index is 12.4. The van der Waals surface area contributed by atoms with Gasteiger partial charge in [0.15, 0.2) is 0 Å². The van der Waals surface area contributed by atoms with Crippen LogP contribution in [0.5, 0.6) is 0 Å². The van der Waals surface area contributed by atoms with Crippen molar-refractivity contribution in [1.29, 1.82) is 0 Å². The lowest BCUT2D eigenvalue weighted by molar-refractivity contribution is -0.137. The molecule has 0 atom stereocenters. The minimum atomic E-state index is -4.44. The number of hydroxylamine groups is 1. The van der Waals surface area contributed by atoms with Crippen LogP contribution in [0.25, 0.3) is 0 Å². The Hall–Kier alpha value is -1.76. The van der Waals surface area contributed by atoms with Crippen LogP contribution in [0.15, 0.2) is 24.3 Å². The van der Waals surface area contributed by atoms with Gasteiger partial charge in [0.1, 0.15) is 0 Å². The Labute approximate surface area is 95.7 Å². The molecule has 0 heterocycles. The SMILES string of the molecule is CCONC(=O)Nc1cccc(C(F)(F)F)c1. The number of anilines is 1. The zero-order valence-electron chi connectivity index (χ0n) is 8.97. The summed E-state index contributed by atoms with van der Waals surface area (Å²) in [7, 11) is 0. The predicted molar refractivity (Wildman–Crippen MR) is 55.2 cm³/mol. The molecule has 0 aliphatic heterocycles. The number of alkyl halides is 3. The number of urea groups is 1. The van der Waals surface area contributed by atoms with E-state index in [0.717, 1.165) is 12.1 Å². The van der Waals surface area contributed by atoms with Crippen LogP contribution in [0.1, 0.15) is 12.5 Å². The molecule has 2 amide bonds. The van der Waals surface area contributed by atoms with Crippen LogP contribution in [0.2, 0.25) is 0 Å². The summed E-state index contributed by atoms with van der Waals surface area (Å²) < 4.78 is 37.1. The second kappa shape index (κ2) is 5.53. The second-order valence-electron chi connectivity index (χ2n) is 3.07. The molecule has 4 nitrogen and oxygen atoms in total. The summed E-state index contributed by atoms with van der Waals surface area (Å²) in [5.74, 6) is 0. The summed E-state index contributed by atoms with van der Waals surface area (Å²) in [5.41, 5.74) is 1.22. The van der Waals surface area contributed by atoms with Crippen molar-refractivity contribution in [3.63, 3.8) is 0 Å². The molecule has 0 unspecified atom stereocenters. The van der Waals surface area contributed by atoms with Gasteiger partial charge in [0.25, 0.3) is 0 Å². The average Bonchev–Trinajstić information content (AvgIpc) is 2.25. The van der Waals surface area contributed by atoms with Crippen molar-refractivity contribution < 1.29 is 22.8 Å². The molecule has 0 spiro atoms. The minimum absolute atomic E-state index is 0.0389. The first-order valence-electron chi connectivity index (χ1n) is 4.79. The van der Waals surface area contributed by atoms with E-state index in [9.17, 15) is 18.0 Å². The van der Waals surface area contributed by atoms with Gasteiger partial charge in [-0.05, 0) is 25.1 Å². The molecule has 0 fully saturated rings. The number of nitrogens with one attached hydrogen (secondary N) is 2. The molecule has 2 N–H and O–H groups in total. The molecule has 94 valence electrons. The molecule has 0 saturated carbocycles. The standard InChI is InChI=1S/C10H11F3N2O2/c1-2-17-15-9(16)14-8-5-3-4-7(6-8)10(11,12)13/h3-6H,2H2,1H3,(H2,14,15,16). The van der Waals surface area contributed by atoms with Gasteiger partial charge in [-0.1, -0.05) is 6.07 Å². The molecular weight excluding hydrogens is 237 g/mol. The van der Waals surface area contributed by atoms with Gasteiger partial charge >= 0.3 is 12.2 Å². The van der Waals surface area contributed by atoms with Crippen LogP contribution in [0.4, 0.5) is 23.7 Å². The van der Waals surface area contributed by atoms with Crippen LogP contribution in [0, 0.1) is 0 Å². The smallest absolute Gasteiger partial charge is 0.306 e. The molecular formula is C10H11F3N2O2. The summed E-state index contributed by atoms with van der Waals surface area (Å²) in [4.78, 5) is 15.7. The summed E-state index contributed by atoms with van der Waals surface area (Å²) in [6, 6.07) is 3.59. The van der Waals surface area contributed by atoms with Gasteiger partial charge in [-0.15, -0.1) is 0 Å². The molecule has 0 saturated heterocycles. The van der Waals surface area contributed by atoms with E-state index in [1.165, 1.54) is 12.1 Å². The van der Waals surface area contributed by atoms with Gasteiger partial charge < -0.3 is 5.32 Å². The van der Waals surface area contributed by atoms with Crippen molar-refractivity contribution in [3.8, 4) is 0 Å². The monoisotopic (exact) mass is 248 g/mol. The van der Waals surface area contributed by atoms with Crippen molar-refractivity contribution in [2.45, 2.75) is 13.1 Å². The third-order valence-electron chi connectivity index (χ3n) is 1.76. The van der Waals surface area contributed by atoms with Crippen LogP contribution in [-0.4, -0.2) is 12.6 Å². The number of halogens is 3. The molecule has 1 rings (SSSR count). The minimum Gasteiger partial charge on any atom is -0.306 e. The lowest BCUT2D eigenvalue weighted by atomic mass is 10.2. The van der Waals surface area contributed by atoms with E-state index < -0.39 is 17.8 Å². The van der Waals surface area contributed by atoms with E-state index in [-0.39, 0.29) is 12.3 Å². The van der Waals surface area contributed by atoms with Crippen molar-refractivity contribution in [2.75, 3.05) is 11.9 Å². The summed E-state index contributed by atoms with van der Waals surface area (Å²) in [5, 5.41) is 2.21. The van der Waals surface area contributed by atoms with Crippen molar-refractivity contribution >= 4 is 11.7 Å². The second-order valence-corrected chi connectivity index (χ2v) is 3.07. The zero-order valence-corrected chi connectivity index (χ0v) is 8.97. The summed E-state index contributed by atoms with van der Waals surface area (Å²) >= 11 is 0. The van der Waals surface area contributed by atoms with E-state index in [1.807, 2.05) is 5.48 Å². The van der Waals surface area contributed by atoms with Crippen molar-refractivity contribution in [1.82, 2.24) is 5.48 Å². The van der Waals surface area contributed by atoms with Crippen LogP contribution < -0.4 is 10.8 Å². The fraction of sp³-hybridized carbons (Fsp3) is 0.300. The highest BCUT2D eigenvalue weighted by molar-refractivity contribution is 5.88. The van der Waals surface area contributed by atoms with Gasteiger partial charge in [-0.3, -0.25) is 4.84 Å². The topological polar surface area (TPSA) is 50.4 Å². The quantitative estimate of drug-likeness (QED) is 0.808. The maximum Gasteiger partial charge on any atom is 0.416 e. The normalized spacial score (nSPS) is 11.1. The fourth-order valence-electron chi connectivity index (χ4n) is 1.07. The molecule has 1 aromatic rings. The Bertz CT molecular complexity index is 393. The number of benzene rings is 1. The Balaban J connectivity index is 2.69. The molecule has 7 heteroatoms. The van der Waals surface area contributed by atoms with E-state index in [4.69, 9.17) is 0 Å². The Morgan fingerprint density at radius 1 is 1.41 bits per heavy atom. The highest BCUT2D eigenvalue weighted by Crippen LogP contribution is 2.30. The van der Waals surface area contributed by atoms with Gasteiger partial charge in [0.05, 0.1) is 12.2 Å². The number of carbonyl (C=O) groups excluding carboxylic acids is 1. The molecule has 0 bridgehead atoms. The van der Waals surface area contributed by atoms with Gasteiger partial charge in [0, 0.05) is 5.69 Å². The number of amides is 2. The van der Waals surface area contributed by atoms with Crippen molar-refractivity contribution in [3.05, 3.63) is 29.8 Å². The van der Waals surface area contributed by atoms with Crippen LogP contribution >= 0.6 is 0 Å². The molecule has 17 heavy (non-hydrogen) atoms. The predicted octanol–water partition coefficient (Wildman–Crippen LogP) is 2.78. The molecule has 0 aromatic heterocycles. The lowest BCUT2D eigenvalue weighted by Gasteiger charge is -2.10. The van der Waals surface area contributed by atoms with E-state index in [1.54, 1.807) is 6.92 Å². The van der Waals surface area contributed by atoms with E-state index in [2.05, 4.69) is 10.2 Å². The number of carbonyl (C=O) groups is 1. The number of hydrogen-bond donors (Lipinski definition) is 2. The molecule has 0 radical (unpaired) electrons. The maximum absolute atomic E-state index is 12.4. The van der Waals surface area contributed by atoms with Gasteiger partial charge in [-0.25, -0.2) is 10.3 Å². The zero-order chi connectivity index (χ0) is 12.9. The number of rotatable bonds is 3. The van der Waals surface area contributed by atoms with E-state index >= 15 is 0 Å². The summed E-state index contributed by atoms with van der Waals surface area (Å²) in [6.45, 7) is 1.92. The van der Waals surface area contributed by atoms with Crippen LogP contribution in [0.3, 0.4) is 0 Å². The third-order valence-corrected chi connectivity index (χ3v) is 1.76. The Morgan fingerprint density at radius 2 is 2.12 bits per heavy atom. The van der Waals surface area contributed by atoms with E-state index in [0.29, 0.717) is 0 Å². The highest BCUT2D eigenvalue weighted by atomic mass is 19.4. The van der Waals surface area contributed by atoms with Crippen molar-refractivity contribution in [2.24, 2.45) is 0 Å². The molecule has 0 aliphatic carbocycles. The summed E-state index contributed by atoms with van der Waals surface area (Å²) in [6.07, 6.45) is -4.44. The first-order chi connectivity index (χ1) is 7.93. The van der Waals surface area contributed by atoms with Crippen LogP contribution in [-0.2, 0) is 11.0 Å².